The number of anilines is 1. The van der Waals surface area contributed by atoms with Gasteiger partial charge in [0.05, 0.1) is 0 Å². The smallest absolute Gasteiger partial charge is 0.150 e. The fourth-order valence-corrected chi connectivity index (χ4v) is 2.94. The second-order valence-electron chi connectivity index (χ2n) is 6.39. The van der Waals surface area contributed by atoms with Crippen LogP contribution in [0, 0.1) is 17.0 Å². The molecule has 1 unspecified atom stereocenters. The molecular weight excluding hydrogens is 326 g/mol. The summed E-state index contributed by atoms with van der Waals surface area (Å²) in [6, 6.07) is 2.85. The minimum atomic E-state index is -0.508. The van der Waals surface area contributed by atoms with Crippen LogP contribution < -0.4 is 10.2 Å². The first-order valence-electron chi connectivity index (χ1n) is 6.92. The molecule has 0 saturated carbocycles. The third kappa shape index (κ3) is 3.50. The van der Waals surface area contributed by atoms with Gasteiger partial charge in [-0.2, -0.15) is 0 Å². The molecule has 1 aromatic rings. The normalized spacial score (nSPS) is 20.9. The van der Waals surface area contributed by atoms with Crippen molar-refractivity contribution in [1.82, 2.24) is 5.32 Å². The maximum Gasteiger partial charge on any atom is 0.150 e. The quantitative estimate of drug-likeness (QED) is 0.828. The number of nitrogens with zero attached hydrogens (tertiary/aromatic N) is 1. The number of benzene rings is 1. The van der Waals surface area contributed by atoms with Gasteiger partial charge >= 0.3 is 0 Å². The highest BCUT2D eigenvalue weighted by Gasteiger charge is 2.30. The van der Waals surface area contributed by atoms with Crippen LogP contribution in [0.3, 0.4) is 0 Å². The van der Waals surface area contributed by atoms with Gasteiger partial charge in [0.25, 0.3) is 0 Å². The van der Waals surface area contributed by atoms with Crippen molar-refractivity contribution >= 4 is 21.6 Å². The van der Waals surface area contributed by atoms with E-state index in [9.17, 15) is 8.78 Å². The molecule has 112 valence electrons. The molecule has 1 atom stereocenters. The Hall–Kier alpha value is -0.680. The molecule has 0 bridgehead atoms. The van der Waals surface area contributed by atoms with E-state index in [1.165, 1.54) is 12.1 Å². The Morgan fingerprint density at radius 3 is 2.40 bits per heavy atom. The molecule has 1 aliphatic heterocycles. The van der Waals surface area contributed by atoms with Gasteiger partial charge < -0.3 is 10.2 Å². The van der Waals surface area contributed by atoms with Gasteiger partial charge in [-0.1, -0.05) is 36.7 Å². The molecule has 2 rings (SSSR count). The van der Waals surface area contributed by atoms with Crippen LogP contribution in [0.2, 0.25) is 0 Å². The van der Waals surface area contributed by atoms with Crippen LogP contribution >= 0.6 is 15.9 Å². The maximum absolute atomic E-state index is 14.1. The maximum atomic E-state index is 14.1. The molecule has 0 spiro atoms. The van der Waals surface area contributed by atoms with E-state index in [2.05, 4.69) is 42.0 Å². The molecule has 1 aliphatic rings. The van der Waals surface area contributed by atoms with Crippen molar-refractivity contribution in [2.24, 2.45) is 5.41 Å². The summed E-state index contributed by atoms with van der Waals surface area (Å²) in [6.45, 7) is 8.57. The van der Waals surface area contributed by atoms with Gasteiger partial charge in [-0.15, -0.1) is 0 Å². The van der Waals surface area contributed by atoms with E-state index >= 15 is 0 Å². The van der Waals surface area contributed by atoms with Crippen molar-refractivity contribution in [1.29, 1.82) is 0 Å². The zero-order valence-corrected chi connectivity index (χ0v) is 13.7. The van der Waals surface area contributed by atoms with E-state index in [1.54, 1.807) is 0 Å². The molecule has 1 heterocycles. The first-order chi connectivity index (χ1) is 9.29. The van der Waals surface area contributed by atoms with Crippen LogP contribution in [-0.4, -0.2) is 25.7 Å². The number of rotatable bonds is 1. The van der Waals surface area contributed by atoms with Crippen LogP contribution in [0.15, 0.2) is 16.6 Å². The highest BCUT2D eigenvalue weighted by molar-refractivity contribution is 9.10. The molecule has 1 N–H and O–H groups in total. The number of hydrogen-bond donors (Lipinski definition) is 1. The van der Waals surface area contributed by atoms with Crippen molar-refractivity contribution < 1.29 is 8.78 Å². The molecule has 0 aliphatic carbocycles. The zero-order chi connectivity index (χ0) is 14.9. The Bertz CT molecular complexity index is 462. The van der Waals surface area contributed by atoms with Gasteiger partial charge in [-0.25, -0.2) is 8.78 Å². The predicted molar refractivity (Wildman–Crippen MR) is 82.1 cm³/mol. The fraction of sp³-hybridized carbons (Fsp3) is 0.600. The van der Waals surface area contributed by atoms with Gasteiger partial charge in [0, 0.05) is 23.6 Å². The van der Waals surface area contributed by atoms with Gasteiger partial charge in [-0.05, 0) is 30.5 Å². The van der Waals surface area contributed by atoms with Crippen LogP contribution in [0.5, 0.6) is 0 Å². The first-order valence-corrected chi connectivity index (χ1v) is 7.71. The lowest BCUT2D eigenvalue weighted by Gasteiger charge is -2.34. The Labute approximate surface area is 127 Å². The summed E-state index contributed by atoms with van der Waals surface area (Å²) >= 11 is 3.12. The molecule has 5 heteroatoms. The molecular formula is C15H21BrF2N2. The van der Waals surface area contributed by atoms with Crippen LogP contribution in [0.4, 0.5) is 14.5 Å². The molecule has 20 heavy (non-hydrogen) atoms. The minimum Gasteiger partial charge on any atom is -0.365 e. The van der Waals surface area contributed by atoms with Crippen LogP contribution in [-0.2, 0) is 0 Å². The topological polar surface area (TPSA) is 15.3 Å². The van der Waals surface area contributed by atoms with E-state index < -0.39 is 11.6 Å². The largest absolute Gasteiger partial charge is 0.365 e. The summed E-state index contributed by atoms with van der Waals surface area (Å²) in [6.07, 6.45) is 0.877. The first kappa shape index (κ1) is 15.7. The van der Waals surface area contributed by atoms with Gasteiger partial charge in [0.2, 0.25) is 0 Å². The van der Waals surface area contributed by atoms with Crippen molar-refractivity contribution in [2.45, 2.75) is 33.2 Å². The monoisotopic (exact) mass is 346 g/mol. The summed E-state index contributed by atoms with van der Waals surface area (Å²) in [5, 5.41) is 3.48. The van der Waals surface area contributed by atoms with Crippen LogP contribution in [0.25, 0.3) is 0 Å². The Balaban J connectivity index is 2.31. The number of nitrogens with one attached hydrogen (secondary N) is 1. The molecule has 1 saturated heterocycles. The number of hydrogen-bond acceptors (Lipinski definition) is 2. The minimum absolute atomic E-state index is 0.0465. The van der Waals surface area contributed by atoms with Crippen molar-refractivity contribution in [3.8, 4) is 0 Å². The highest BCUT2D eigenvalue weighted by atomic mass is 79.9. The van der Waals surface area contributed by atoms with E-state index in [4.69, 9.17) is 0 Å². The average Bonchev–Trinajstić information content (AvgIpc) is 2.52. The summed E-state index contributed by atoms with van der Waals surface area (Å²) < 4.78 is 28.7. The third-order valence-electron chi connectivity index (χ3n) is 3.74. The lowest BCUT2D eigenvalue weighted by molar-refractivity contribution is 0.280. The third-order valence-corrected chi connectivity index (χ3v) is 4.20. The van der Waals surface area contributed by atoms with E-state index in [0.29, 0.717) is 17.6 Å². The molecule has 0 amide bonds. The standard InChI is InChI=1S/C15H21BrF2N2/c1-15(2,3)13-9-20(6-4-5-19-13)14-11(17)7-10(16)8-12(14)18/h7-8,13,19H,4-6,9H2,1-3H3. The zero-order valence-electron chi connectivity index (χ0n) is 12.1. The molecule has 2 nitrogen and oxygen atoms in total. The van der Waals surface area contributed by atoms with Gasteiger partial charge in [0.15, 0.2) is 11.6 Å². The summed E-state index contributed by atoms with van der Waals surface area (Å²) in [4.78, 5) is 1.83. The summed E-state index contributed by atoms with van der Waals surface area (Å²) in [5.41, 5.74) is 0.136. The summed E-state index contributed by atoms with van der Waals surface area (Å²) in [7, 11) is 0. The Morgan fingerprint density at radius 1 is 1.25 bits per heavy atom. The summed E-state index contributed by atoms with van der Waals surface area (Å²) in [5.74, 6) is -1.02. The van der Waals surface area contributed by atoms with E-state index in [-0.39, 0.29) is 17.1 Å². The van der Waals surface area contributed by atoms with Gasteiger partial charge in [-0.3, -0.25) is 0 Å². The molecule has 1 aromatic carbocycles. The van der Waals surface area contributed by atoms with E-state index in [1.807, 2.05) is 4.90 Å². The highest BCUT2D eigenvalue weighted by Crippen LogP contribution is 2.30. The average molecular weight is 347 g/mol. The van der Waals surface area contributed by atoms with E-state index in [0.717, 1.165) is 13.0 Å². The fourth-order valence-electron chi connectivity index (χ4n) is 2.54. The Morgan fingerprint density at radius 2 is 1.85 bits per heavy atom. The lowest BCUT2D eigenvalue weighted by atomic mass is 9.86. The second kappa shape index (κ2) is 5.98. The Kier molecular flexibility index (Phi) is 4.69. The predicted octanol–water partition coefficient (Wildman–Crippen LogP) is 3.94. The molecule has 0 aromatic heterocycles. The number of halogens is 3. The van der Waals surface area contributed by atoms with Gasteiger partial charge in [0.1, 0.15) is 5.69 Å². The van der Waals surface area contributed by atoms with Crippen molar-refractivity contribution in [3.05, 3.63) is 28.2 Å². The van der Waals surface area contributed by atoms with Crippen LogP contribution in [0.1, 0.15) is 27.2 Å². The molecule has 1 fully saturated rings. The SMILES string of the molecule is CC(C)(C)C1CN(c2c(F)cc(Br)cc2F)CCCN1. The molecule has 0 radical (unpaired) electrons. The van der Waals surface area contributed by atoms with Crippen molar-refractivity contribution in [3.63, 3.8) is 0 Å². The lowest BCUT2D eigenvalue weighted by Crippen LogP contribution is -2.46. The second-order valence-corrected chi connectivity index (χ2v) is 7.31. The van der Waals surface area contributed by atoms with Crippen molar-refractivity contribution in [2.75, 3.05) is 24.5 Å².